The topological polar surface area (TPSA) is 0 Å². The number of benzene rings is 1. The van der Waals surface area contributed by atoms with Crippen molar-refractivity contribution in [3.63, 3.8) is 0 Å². The number of hydrogen-bond donors (Lipinski definition) is 0. The van der Waals surface area contributed by atoms with Crippen LogP contribution in [-0.2, 0) is 11.8 Å². The quantitative estimate of drug-likeness (QED) is 0.612. The van der Waals surface area contributed by atoms with E-state index in [9.17, 15) is 0 Å². The summed E-state index contributed by atoms with van der Waals surface area (Å²) in [4.78, 5) is 0. The van der Waals surface area contributed by atoms with Crippen molar-refractivity contribution >= 4 is 23.8 Å². The van der Waals surface area contributed by atoms with Crippen molar-refractivity contribution in [3.8, 4) is 0 Å². The summed E-state index contributed by atoms with van der Waals surface area (Å²) >= 11 is 5.27. The fourth-order valence-corrected chi connectivity index (χ4v) is 2.01. The van der Waals surface area contributed by atoms with Crippen molar-refractivity contribution in [2.45, 2.75) is 6.92 Å². The Morgan fingerprint density at radius 1 is 1.30 bits per heavy atom. The summed E-state index contributed by atoms with van der Waals surface area (Å²) in [5.41, 5.74) is 0. The minimum Gasteiger partial charge on any atom is -0.0619 e. The van der Waals surface area contributed by atoms with E-state index in [2.05, 4.69) is 19.1 Å². The largest absolute Gasteiger partial charge is 0.212 e. The molecule has 10 heavy (non-hydrogen) atoms. The standard InChI is InChI=1S/C8H10PS/c1-2-9(10)8-6-4-3-5-7-8/h3-7H,2H2,1H3/q+1. The van der Waals surface area contributed by atoms with Crippen LogP contribution >= 0.6 is 6.70 Å². The van der Waals surface area contributed by atoms with E-state index in [1.165, 1.54) is 5.30 Å². The molecule has 0 heterocycles. The molecule has 1 rings (SSSR count). The Kier molecular flexibility index (Phi) is 2.98. The van der Waals surface area contributed by atoms with Gasteiger partial charge in [-0.15, -0.1) is 0 Å². The lowest BCUT2D eigenvalue weighted by molar-refractivity contribution is 1.52. The normalized spacial score (nSPS) is 11.1. The van der Waals surface area contributed by atoms with E-state index >= 15 is 0 Å². The first-order chi connectivity index (χ1) is 4.84. The molecule has 1 aromatic rings. The Balaban J connectivity index is 2.85. The zero-order valence-electron chi connectivity index (χ0n) is 5.95. The van der Waals surface area contributed by atoms with E-state index in [-0.39, 0.29) is 6.70 Å². The minimum atomic E-state index is -0.290. The summed E-state index contributed by atoms with van der Waals surface area (Å²) in [5.74, 6) is 0. The van der Waals surface area contributed by atoms with Gasteiger partial charge in [0.05, 0.1) is 0 Å². The lowest BCUT2D eigenvalue weighted by Crippen LogP contribution is -1.93. The van der Waals surface area contributed by atoms with Gasteiger partial charge in [-0.25, -0.2) is 0 Å². The first-order valence-electron chi connectivity index (χ1n) is 3.34. The van der Waals surface area contributed by atoms with Crippen LogP contribution in [0.4, 0.5) is 0 Å². The van der Waals surface area contributed by atoms with Gasteiger partial charge in [-0.3, -0.25) is 0 Å². The molecule has 0 aliphatic rings. The van der Waals surface area contributed by atoms with Gasteiger partial charge in [0.15, 0.2) is 17.1 Å². The average molecular weight is 169 g/mol. The van der Waals surface area contributed by atoms with E-state index in [4.69, 9.17) is 11.8 Å². The van der Waals surface area contributed by atoms with E-state index in [0.717, 1.165) is 6.16 Å². The SMILES string of the molecule is CC[P+](=S)c1ccccc1. The Hall–Kier alpha value is -0.260. The first-order valence-corrected chi connectivity index (χ1v) is 5.88. The lowest BCUT2D eigenvalue weighted by Gasteiger charge is -1.85. The molecule has 0 spiro atoms. The lowest BCUT2D eigenvalue weighted by atomic mass is 10.4. The van der Waals surface area contributed by atoms with Crippen molar-refractivity contribution in [3.05, 3.63) is 30.3 Å². The molecular weight excluding hydrogens is 159 g/mol. The molecule has 0 fully saturated rings. The molecular formula is C8H10PS+. The Morgan fingerprint density at radius 2 is 1.90 bits per heavy atom. The van der Waals surface area contributed by atoms with E-state index in [1.807, 2.05) is 18.2 Å². The molecule has 0 aromatic heterocycles. The highest BCUT2D eigenvalue weighted by Gasteiger charge is 2.07. The molecule has 0 nitrogen and oxygen atoms in total. The second-order valence-corrected chi connectivity index (χ2v) is 5.26. The van der Waals surface area contributed by atoms with Crippen LogP contribution in [0.5, 0.6) is 0 Å². The smallest absolute Gasteiger partial charge is 0.0619 e. The van der Waals surface area contributed by atoms with Crippen LogP contribution in [-0.4, -0.2) is 6.16 Å². The number of rotatable bonds is 2. The fraction of sp³-hybridized carbons (Fsp3) is 0.250. The van der Waals surface area contributed by atoms with Gasteiger partial charge >= 0.3 is 0 Å². The third-order valence-corrected chi connectivity index (χ3v) is 4.19. The van der Waals surface area contributed by atoms with Crippen LogP contribution in [0.15, 0.2) is 30.3 Å². The third kappa shape index (κ3) is 1.86. The molecule has 0 bridgehead atoms. The van der Waals surface area contributed by atoms with Gasteiger partial charge < -0.3 is 0 Å². The molecule has 2 heteroatoms. The maximum absolute atomic E-state index is 5.27. The maximum Gasteiger partial charge on any atom is 0.212 e. The van der Waals surface area contributed by atoms with Gasteiger partial charge in [0, 0.05) is 0 Å². The summed E-state index contributed by atoms with van der Waals surface area (Å²) in [6.07, 6.45) is 1.11. The second kappa shape index (κ2) is 3.80. The van der Waals surface area contributed by atoms with Crippen LogP contribution in [0.2, 0.25) is 0 Å². The van der Waals surface area contributed by atoms with Crippen molar-refractivity contribution in [2.75, 3.05) is 6.16 Å². The summed E-state index contributed by atoms with van der Waals surface area (Å²) < 4.78 is 0. The molecule has 1 unspecified atom stereocenters. The molecule has 0 aliphatic carbocycles. The molecule has 0 saturated heterocycles. The van der Waals surface area contributed by atoms with Gasteiger partial charge in [-0.05, 0) is 19.1 Å². The minimum absolute atomic E-state index is 0.290. The maximum atomic E-state index is 5.27. The molecule has 52 valence electrons. The highest BCUT2D eigenvalue weighted by atomic mass is 32.4. The molecule has 0 radical (unpaired) electrons. The molecule has 0 saturated carbocycles. The van der Waals surface area contributed by atoms with Crippen LogP contribution < -0.4 is 5.30 Å². The highest BCUT2D eigenvalue weighted by Crippen LogP contribution is 2.17. The zero-order chi connectivity index (χ0) is 7.40. The first kappa shape index (κ1) is 7.84. The van der Waals surface area contributed by atoms with Gasteiger partial charge in [-0.1, -0.05) is 18.2 Å². The van der Waals surface area contributed by atoms with E-state index < -0.39 is 0 Å². The van der Waals surface area contributed by atoms with Crippen molar-refractivity contribution < 1.29 is 0 Å². The summed E-state index contributed by atoms with van der Waals surface area (Å²) in [6, 6.07) is 10.3. The van der Waals surface area contributed by atoms with E-state index in [0.29, 0.717) is 0 Å². The molecule has 1 atom stereocenters. The van der Waals surface area contributed by atoms with Crippen LogP contribution in [0.3, 0.4) is 0 Å². The van der Waals surface area contributed by atoms with Crippen LogP contribution in [0.25, 0.3) is 0 Å². The van der Waals surface area contributed by atoms with Crippen molar-refractivity contribution in [1.82, 2.24) is 0 Å². The Morgan fingerprint density at radius 3 is 2.40 bits per heavy atom. The Bertz CT molecular complexity index is 218. The van der Waals surface area contributed by atoms with Gasteiger partial charge in [-0.2, -0.15) is 0 Å². The predicted molar refractivity (Wildman–Crippen MR) is 50.9 cm³/mol. The molecule has 0 amide bonds. The summed E-state index contributed by atoms with van der Waals surface area (Å²) in [6.45, 7) is 1.85. The van der Waals surface area contributed by atoms with Crippen molar-refractivity contribution in [2.24, 2.45) is 0 Å². The average Bonchev–Trinajstić information content (AvgIpc) is 2.05. The molecule has 0 aliphatic heterocycles. The van der Waals surface area contributed by atoms with E-state index in [1.54, 1.807) is 0 Å². The van der Waals surface area contributed by atoms with Gasteiger partial charge in [0.2, 0.25) is 6.70 Å². The third-order valence-electron chi connectivity index (χ3n) is 1.33. The van der Waals surface area contributed by atoms with Gasteiger partial charge in [0.25, 0.3) is 0 Å². The van der Waals surface area contributed by atoms with Crippen LogP contribution in [0.1, 0.15) is 6.92 Å². The summed E-state index contributed by atoms with van der Waals surface area (Å²) in [7, 11) is 0. The molecule has 0 N–H and O–H groups in total. The Labute approximate surface area is 67.7 Å². The predicted octanol–water partition coefficient (Wildman–Crippen LogP) is 2.28. The monoisotopic (exact) mass is 169 g/mol. The van der Waals surface area contributed by atoms with Gasteiger partial charge in [0.1, 0.15) is 6.16 Å². The van der Waals surface area contributed by atoms with Crippen molar-refractivity contribution in [1.29, 1.82) is 0 Å². The second-order valence-electron chi connectivity index (χ2n) is 2.03. The molecule has 1 aromatic carbocycles. The summed E-state index contributed by atoms with van der Waals surface area (Å²) in [5, 5.41) is 1.33. The fourth-order valence-electron chi connectivity index (χ4n) is 0.777. The zero-order valence-corrected chi connectivity index (χ0v) is 7.66. The highest BCUT2D eigenvalue weighted by molar-refractivity contribution is 8.08. The number of hydrogen-bond acceptors (Lipinski definition) is 1. The van der Waals surface area contributed by atoms with Crippen LogP contribution in [0, 0.1) is 0 Å².